The minimum atomic E-state index is 1.15. The predicted molar refractivity (Wildman–Crippen MR) is 202 cm³/mol. The van der Waals surface area contributed by atoms with Crippen LogP contribution in [0.3, 0.4) is 0 Å². The van der Waals surface area contributed by atoms with E-state index >= 15 is 0 Å². The zero-order valence-electron chi connectivity index (χ0n) is 26.2. The van der Waals surface area contributed by atoms with Crippen molar-refractivity contribution in [1.29, 1.82) is 0 Å². The monoisotopic (exact) mass is 610 g/mol. The van der Waals surface area contributed by atoms with Crippen molar-refractivity contribution < 1.29 is 0 Å². The van der Waals surface area contributed by atoms with Gasteiger partial charge in [-0.25, -0.2) is 0 Å². The minimum Gasteiger partial charge on any atom is -0.265 e. The van der Waals surface area contributed by atoms with Gasteiger partial charge >= 0.3 is 0 Å². The third-order valence-electron chi connectivity index (χ3n) is 9.47. The Kier molecular flexibility index (Phi) is 6.84. The van der Waals surface area contributed by atoms with Crippen molar-refractivity contribution in [3.8, 4) is 55.6 Å². The van der Waals surface area contributed by atoms with Gasteiger partial charge in [0.25, 0.3) is 0 Å². The van der Waals surface area contributed by atoms with Crippen LogP contribution in [0.15, 0.2) is 183 Å². The number of aromatic nitrogens is 2. The normalized spacial score (nSPS) is 11.3. The summed E-state index contributed by atoms with van der Waals surface area (Å²) in [5.74, 6) is 0. The first-order chi connectivity index (χ1) is 23.8. The van der Waals surface area contributed by atoms with E-state index in [0.717, 1.165) is 22.3 Å². The third-order valence-corrected chi connectivity index (χ3v) is 9.47. The fourth-order valence-corrected chi connectivity index (χ4v) is 7.01. The molecule has 2 heterocycles. The average molecular weight is 611 g/mol. The van der Waals surface area contributed by atoms with Crippen molar-refractivity contribution in [3.05, 3.63) is 183 Å². The van der Waals surface area contributed by atoms with Gasteiger partial charge in [-0.15, -0.1) is 0 Å². The molecule has 0 aliphatic heterocycles. The highest BCUT2D eigenvalue weighted by molar-refractivity contribution is 6.25. The summed E-state index contributed by atoms with van der Waals surface area (Å²) in [7, 11) is 0. The first kappa shape index (κ1) is 27.9. The van der Waals surface area contributed by atoms with Crippen molar-refractivity contribution in [3.63, 3.8) is 0 Å². The Morgan fingerprint density at radius 3 is 0.917 bits per heavy atom. The van der Waals surface area contributed by atoms with E-state index in [1.165, 1.54) is 65.7 Å². The maximum Gasteiger partial charge on any atom is 0.0273 e. The van der Waals surface area contributed by atoms with E-state index in [2.05, 4.69) is 168 Å². The highest BCUT2D eigenvalue weighted by atomic mass is 14.6. The molecule has 0 bridgehead atoms. The number of fused-ring (bicyclic) bond motifs is 6. The molecule has 9 rings (SSSR count). The SMILES string of the molecule is c1ccc2c(c1)c1ccccc1c1cc(-c3ccc(-c4ccc(-c5cc(-c6ccncc6)cc(-c6ccncc6)c5)cc4)cc3)ccc21. The van der Waals surface area contributed by atoms with Gasteiger partial charge in [0.2, 0.25) is 0 Å². The summed E-state index contributed by atoms with van der Waals surface area (Å²) >= 11 is 0. The first-order valence-corrected chi connectivity index (χ1v) is 16.3. The van der Waals surface area contributed by atoms with Crippen molar-refractivity contribution >= 4 is 32.3 Å². The highest BCUT2D eigenvalue weighted by Crippen LogP contribution is 2.38. The molecule has 0 fully saturated rings. The lowest BCUT2D eigenvalue weighted by molar-refractivity contribution is 1.33. The van der Waals surface area contributed by atoms with Crippen molar-refractivity contribution in [2.24, 2.45) is 0 Å². The Labute approximate surface area is 279 Å². The smallest absolute Gasteiger partial charge is 0.0273 e. The molecule has 0 saturated heterocycles. The highest BCUT2D eigenvalue weighted by Gasteiger charge is 2.11. The zero-order chi connectivity index (χ0) is 31.9. The summed E-state index contributed by atoms with van der Waals surface area (Å²) in [6.45, 7) is 0. The van der Waals surface area contributed by atoms with Crippen LogP contribution < -0.4 is 0 Å². The standard InChI is InChI=1S/C46H30N2/c1-2-7-43-41(5-1)42-6-3-4-8-44(42)46-30-37(17-18-45(43)46)33-13-9-31(10-14-33)32-11-15-34(16-12-32)38-27-39(35-19-23-47-24-20-35)29-40(28-38)36-21-25-48-26-22-36/h1-30H. The second-order valence-corrected chi connectivity index (χ2v) is 12.3. The number of nitrogens with zero attached hydrogens (tertiary/aromatic N) is 2. The molecule has 9 aromatic rings. The first-order valence-electron chi connectivity index (χ1n) is 16.3. The minimum absolute atomic E-state index is 1.15. The second kappa shape index (κ2) is 11.8. The summed E-state index contributed by atoms with van der Waals surface area (Å²) in [4.78, 5) is 8.44. The molecule has 7 aromatic carbocycles. The summed E-state index contributed by atoms with van der Waals surface area (Å²) in [5, 5.41) is 7.79. The summed E-state index contributed by atoms with van der Waals surface area (Å²) in [6, 6.07) is 57.3. The Morgan fingerprint density at radius 1 is 0.208 bits per heavy atom. The Hall–Kier alpha value is -6.38. The van der Waals surface area contributed by atoms with Gasteiger partial charge in [0, 0.05) is 24.8 Å². The summed E-state index contributed by atoms with van der Waals surface area (Å²) in [5.41, 5.74) is 11.8. The van der Waals surface area contributed by atoms with Gasteiger partial charge in [-0.1, -0.05) is 109 Å². The molecule has 0 spiro atoms. The predicted octanol–water partition coefficient (Wildman–Crippen LogP) is 12.3. The molecule has 0 aliphatic carbocycles. The Balaban J connectivity index is 1.05. The molecular formula is C46H30N2. The van der Waals surface area contributed by atoms with E-state index in [1.54, 1.807) is 0 Å². The molecule has 0 radical (unpaired) electrons. The van der Waals surface area contributed by atoms with Crippen molar-refractivity contribution in [1.82, 2.24) is 9.97 Å². The van der Waals surface area contributed by atoms with Gasteiger partial charge in [-0.05, 0) is 136 Å². The van der Waals surface area contributed by atoms with Crippen molar-refractivity contribution in [2.75, 3.05) is 0 Å². The lowest BCUT2D eigenvalue weighted by atomic mass is 9.91. The largest absolute Gasteiger partial charge is 0.265 e. The van der Waals surface area contributed by atoms with E-state index in [0.29, 0.717) is 0 Å². The van der Waals surface area contributed by atoms with Gasteiger partial charge in [0.05, 0.1) is 0 Å². The number of benzene rings is 7. The van der Waals surface area contributed by atoms with Gasteiger partial charge in [-0.3, -0.25) is 9.97 Å². The van der Waals surface area contributed by atoms with E-state index < -0.39 is 0 Å². The number of hydrogen-bond donors (Lipinski definition) is 0. The number of rotatable bonds is 5. The van der Waals surface area contributed by atoms with Gasteiger partial charge in [-0.2, -0.15) is 0 Å². The van der Waals surface area contributed by atoms with Gasteiger partial charge in [0.1, 0.15) is 0 Å². The average Bonchev–Trinajstić information content (AvgIpc) is 3.18. The summed E-state index contributed by atoms with van der Waals surface area (Å²) in [6.07, 6.45) is 7.38. The molecule has 0 aliphatic rings. The maximum atomic E-state index is 4.22. The van der Waals surface area contributed by atoms with E-state index in [1.807, 2.05) is 24.8 Å². The molecule has 2 nitrogen and oxygen atoms in total. The van der Waals surface area contributed by atoms with Crippen LogP contribution in [0.2, 0.25) is 0 Å². The fourth-order valence-electron chi connectivity index (χ4n) is 7.01. The molecule has 2 aromatic heterocycles. The van der Waals surface area contributed by atoms with E-state index in [4.69, 9.17) is 0 Å². The van der Waals surface area contributed by atoms with Crippen molar-refractivity contribution in [2.45, 2.75) is 0 Å². The third kappa shape index (κ3) is 5.01. The fraction of sp³-hybridized carbons (Fsp3) is 0. The topological polar surface area (TPSA) is 25.8 Å². The van der Waals surface area contributed by atoms with Gasteiger partial charge < -0.3 is 0 Å². The summed E-state index contributed by atoms with van der Waals surface area (Å²) < 4.78 is 0. The van der Waals surface area contributed by atoms with Crippen LogP contribution in [-0.2, 0) is 0 Å². The van der Waals surface area contributed by atoms with Crippen LogP contribution in [0, 0.1) is 0 Å². The second-order valence-electron chi connectivity index (χ2n) is 12.3. The van der Waals surface area contributed by atoms with Gasteiger partial charge in [0.15, 0.2) is 0 Å². The number of pyridine rings is 2. The Bertz CT molecular complexity index is 2480. The lowest BCUT2D eigenvalue weighted by Crippen LogP contribution is -1.87. The van der Waals surface area contributed by atoms with Crippen LogP contribution >= 0.6 is 0 Å². The van der Waals surface area contributed by atoms with Crippen LogP contribution in [0.4, 0.5) is 0 Å². The van der Waals surface area contributed by atoms with Crippen LogP contribution in [0.1, 0.15) is 0 Å². The molecule has 0 unspecified atom stereocenters. The molecular weight excluding hydrogens is 581 g/mol. The maximum absolute atomic E-state index is 4.22. The molecule has 224 valence electrons. The molecule has 0 atom stereocenters. The van der Waals surface area contributed by atoms with Crippen LogP contribution in [0.5, 0.6) is 0 Å². The van der Waals surface area contributed by atoms with Crippen LogP contribution in [-0.4, -0.2) is 9.97 Å². The molecule has 0 N–H and O–H groups in total. The molecule has 48 heavy (non-hydrogen) atoms. The quantitative estimate of drug-likeness (QED) is 0.181. The zero-order valence-corrected chi connectivity index (χ0v) is 26.2. The molecule has 2 heteroatoms. The lowest BCUT2D eigenvalue weighted by Gasteiger charge is -2.13. The molecule has 0 saturated carbocycles. The van der Waals surface area contributed by atoms with E-state index in [-0.39, 0.29) is 0 Å². The molecule has 0 amide bonds. The Morgan fingerprint density at radius 2 is 0.500 bits per heavy atom. The van der Waals surface area contributed by atoms with Crippen LogP contribution in [0.25, 0.3) is 88.0 Å². The van der Waals surface area contributed by atoms with E-state index in [9.17, 15) is 0 Å². The number of hydrogen-bond acceptors (Lipinski definition) is 2.